The van der Waals surface area contributed by atoms with Gasteiger partial charge in [-0.3, -0.25) is 19.3 Å². The monoisotopic (exact) mass is 273 g/mol. The minimum absolute atomic E-state index is 0.00910. The molecular weight excluding hydrogens is 254 g/mol. The molecule has 1 atom stereocenters. The first-order valence-electron chi connectivity index (χ1n) is 5.84. The molecule has 0 aromatic heterocycles. The van der Waals surface area contributed by atoms with Gasteiger partial charge in [-0.05, 0) is 11.8 Å². The van der Waals surface area contributed by atoms with Gasteiger partial charge in [-0.15, -0.1) is 11.8 Å². The number of carboxylic acid groups (broad SMARTS) is 1. The van der Waals surface area contributed by atoms with E-state index in [2.05, 4.69) is 0 Å². The Labute approximate surface area is 111 Å². The summed E-state index contributed by atoms with van der Waals surface area (Å²) >= 11 is 1.28. The molecule has 1 unspecified atom stereocenters. The first-order valence-corrected chi connectivity index (χ1v) is 7.00. The summed E-state index contributed by atoms with van der Waals surface area (Å²) in [5.41, 5.74) is -0.153. The maximum absolute atomic E-state index is 11.6. The lowest BCUT2D eigenvalue weighted by atomic mass is 9.84. The van der Waals surface area contributed by atoms with Crippen molar-refractivity contribution in [1.82, 2.24) is 4.90 Å². The molecule has 1 aliphatic heterocycles. The zero-order valence-corrected chi connectivity index (χ0v) is 11.7. The molecule has 1 heterocycles. The van der Waals surface area contributed by atoms with Crippen LogP contribution in [0.3, 0.4) is 0 Å². The standard InChI is InChI=1S/C12H19NO4S/c1-12(2,3)4-8(11(16)17)5-13-9(14)6-18-7-10(13)15/h8H,4-7H2,1-3H3,(H,16,17). The van der Waals surface area contributed by atoms with Crippen molar-refractivity contribution in [3.05, 3.63) is 0 Å². The second-order valence-electron chi connectivity index (χ2n) is 5.69. The second kappa shape index (κ2) is 5.73. The highest BCUT2D eigenvalue weighted by Gasteiger charge is 2.33. The van der Waals surface area contributed by atoms with Crippen molar-refractivity contribution in [3.63, 3.8) is 0 Å². The van der Waals surface area contributed by atoms with Crippen LogP contribution in [0.5, 0.6) is 0 Å². The number of carbonyl (C=O) groups is 3. The van der Waals surface area contributed by atoms with Crippen molar-refractivity contribution in [2.24, 2.45) is 11.3 Å². The summed E-state index contributed by atoms with van der Waals surface area (Å²) in [6.07, 6.45) is 0.437. The van der Waals surface area contributed by atoms with Crippen molar-refractivity contribution in [2.45, 2.75) is 27.2 Å². The number of thioether (sulfide) groups is 1. The van der Waals surface area contributed by atoms with Gasteiger partial charge < -0.3 is 5.11 Å². The Morgan fingerprint density at radius 3 is 2.22 bits per heavy atom. The smallest absolute Gasteiger partial charge is 0.308 e. The zero-order chi connectivity index (χ0) is 13.9. The SMILES string of the molecule is CC(C)(C)CC(CN1C(=O)CSCC1=O)C(=O)O. The van der Waals surface area contributed by atoms with Crippen molar-refractivity contribution < 1.29 is 19.5 Å². The van der Waals surface area contributed by atoms with E-state index in [1.165, 1.54) is 11.8 Å². The highest BCUT2D eigenvalue weighted by Crippen LogP contribution is 2.26. The van der Waals surface area contributed by atoms with E-state index < -0.39 is 11.9 Å². The van der Waals surface area contributed by atoms with Gasteiger partial charge in [0.15, 0.2) is 0 Å². The van der Waals surface area contributed by atoms with Gasteiger partial charge in [0.1, 0.15) is 0 Å². The summed E-state index contributed by atoms with van der Waals surface area (Å²) in [6, 6.07) is 0. The summed E-state index contributed by atoms with van der Waals surface area (Å²) < 4.78 is 0. The van der Waals surface area contributed by atoms with E-state index in [4.69, 9.17) is 0 Å². The molecule has 0 aromatic rings. The maximum atomic E-state index is 11.6. The molecule has 0 bridgehead atoms. The van der Waals surface area contributed by atoms with E-state index in [0.29, 0.717) is 6.42 Å². The highest BCUT2D eigenvalue weighted by molar-refractivity contribution is 8.00. The predicted molar refractivity (Wildman–Crippen MR) is 69.2 cm³/mol. The summed E-state index contributed by atoms with van der Waals surface area (Å²) in [6.45, 7) is 5.82. The number of amides is 2. The van der Waals surface area contributed by atoms with Crippen LogP contribution in [-0.4, -0.2) is 45.8 Å². The summed E-state index contributed by atoms with van der Waals surface area (Å²) in [5.74, 6) is -1.70. The Hall–Kier alpha value is -1.04. The lowest BCUT2D eigenvalue weighted by Crippen LogP contribution is -2.47. The molecule has 0 aliphatic carbocycles. The van der Waals surface area contributed by atoms with Crippen LogP contribution in [0.25, 0.3) is 0 Å². The Kier molecular flexibility index (Phi) is 4.78. The van der Waals surface area contributed by atoms with Gasteiger partial charge in [-0.1, -0.05) is 20.8 Å². The molecule has 5 nitrogen and oxygen atoms in total. The first kappa shape index (κ1) is 15.0. The number of imide groups is 1. The number of rotatable bonds is 4. The Bertz CT molecular complexity index is 346. The van der Waals surface area contributed by atoms with Gasteiger partial charge in [0.2, 0.25) is 11.8 Å². The fourth-order valence-electron chi connectivity index (χ4n) is 1.91. The third-order valence-electron chi connectivity index (χ3n) is 2.66. The van der Waals surface area contributed by atoms with E-state index >= 15 is 0 Å². The van der Waals surface area contributed by atoms with Crippen LogP contribution in [0.4, 0.5) is 0 Å². The van der Waals surface area contributed by atoms with E-state index in [1.54, 1.807) is 0 Å². The van der Waals surface area contributed by atoms with Gasteiger partial charge in [-0.25, -0.2) is 0 Å². The van der Waals surface area contributed by atoms with Gasteiger partial charge in [0.25, 0.3) is 0 Å². The lowest BCUT2D eigenvalue weighted by Gasteiger charge is -2.30. The molecule has 0 saturated carbocycles. The fraction of sp³-hybridized carbons (Fsp3) is 0.750. The summed E-state index contributed by atoms with van der Waals surface area (Å²) in [7, 11) is 0. The number of carbonyl (C=O) groups excluding carboxylic acids is 2. The number of nitrogens with zero attached hydrogens (tertiary/aromatic N) is 1. The van der Waals surface area contributed by atoms with Gasteiger partial charge >= 0.3 is 5.97 Å². The van der Waals surface area contributed by atoms with E-state index in [-0.39, 0.29) is 35.3 Å². The van der Waals surface area contributed by atoms with Crippen molar-refractivity contribution in [1.29, 1.82) is 0 Å². The minimum Gasteiger partial charge on any atom is -0.481 e. The molecule has 102 valence electrons. The van der Waals surface area contributed by atoms with Crippen molar-refractivity contribution >= 4 is 29.5 Å². The number of aliphatic carboxylic acids is 1. The van der Waals surface area contributed by atoms with Crippen LogP contribution in [-0.2, 0) is 14.4 Å². The quantitative estimate of drug-likeness (QED) is 0.780. The summed E-state index contributed by atoms with van der Waals surface area (Å²) in [4.78, 5) is 35.5. The van der Waals surface area contributed by atoms with Gasteiger partial charge in [-0.2, -0.15) is 0 Å². The zero-order valence-electron chi connectivity index (χ0n) is 10.9. The van der Waals surface area contributed by atoms with E-state index in [0.717, 1.165) is 4.90 Å². The van der Waals surface area contributed by atoms with Crippen LogP contribution in [0.1, 0.15) is 27.2 Å². The number of carboxylic acids is 1. The topological polar surface area (TPSA) is 74.7 Å². The normalized spacial score (nSPS) is 18.9. The molecule has 6 heteroatoms. The van der Waals surface area contributed by atoms with Crippen LogP contribution in [0.15, 0.2) is 0 Å². The number of hydrogen-bond acceptors (Lipinski definition) is 4. The molecular formula is C12H19NO4S. The van der Waals surface area contributed by atoms with Crippen LogP contribution >= 0.6 is 11.8 Å². The molecule has 2 amide bonds. The van der Waals surface area contributed by atoms with E-state index in [1.807, 2.05) is 20.8 Å². The van der Waals surface area contributed by atoms with Gasteiger partial charge in [0.05, 0.1) is 17.4 Å². The number of hydrogen-bond donors (Lipinski definition) is 1. The molecule has 0 radical (unpaired) electrons. The molecule has 18 heavy (non-hydrogen) atoms. The van der Waals surface area contributed by atoms with E-state index in [9.17, 15) is 19.5 Å². The second-order valence-corrected chi connectivity index (χ2v) is 6.68. The molecule has 0 spiro atoms. The Morgan fingerprint density at radius 2 is 1.83 bits per heavy atom. The lowest BCUT2D eigenvalue weighted by molar-refractivity contribution is -0.148. The maximum Gasteiger partial charge on any atom is 0.308 e. The third kappa shape index (κ3) is 4.33. The predicted octanol–water partition coefficient (Wildman–Crippen LogP) is 1.23. The third-order valence-corrected chi connectivity index (χ3v) is 3.57. The minimum atomic E-state index is -0.955. The largest absolute Gasteiger partial charge is 0.481 e. The molecule has 1 rings (SSSR count). The van der Waals surface area contributed by atoms with Crippen LogP contribution < -0.4 is 0 Å². The molecule has 0 aromatic carbocycles. The van der Waals surface area contributed by atoms with Crippen molar-refractivity contribution in [3.8, 4) is 0 Å². The Morgan fingerprint density at radius 1 is 1.33 bits per heavy atom. The molecule has 1 aliphatic rings. The average molecular weight is 273 g/mol. The highest BCUT2D eigenvalue weighted by atomic mass is 32.2. The van der Waals surface area contributed by atoms with Crippen LogP contribution in [0.2, 0.25) is 0 Å². The Balaban J connectivity index is 2.73. The van der Waals surface area contributed by atoms with Crippen molar-refractivity contribution in [2.75, 3.05) is 18.1 Å². The summed E-state index contributed by atoms with van der Waals surface area (Å²) in [5, 5.41) is 9.19. The molecule has 1 saturated heterocycles. The fourth-order valence-corrected chi connectivity index (χ4v) is 2.68. The molecule has 1 fully saturated rings. The van der Waals surface area contributed by atoms with Crippen LogP contribution in [0, 0.1) is 11.3 Å². The first-order chi connectivity index (χ1) is 8.20. The molecule has 1 N–H and O–H groups in total. The average Bonchev–Trinajstić information content (AvgIpc) is 2.20. The van der Waals surface area contributed by atoms with Gasteiger partial charge in [0, 0.05) is 6.54 Å².